The molecular formula is C9H13N3O5. The van der Waals surface area contributed by atoms with Gasteiger partial charge in [0.2, 0.25) is 0 Å². The van der Waals surface area contributed by atoms with E-state index in [0.29, 0.717) is 5.69 Å². The maximum absolute atomic E-state index is 11.3. The second-order valence-corrected chi connectivity index (χ2v) is 3.12. The molecule has 0 saturated carbocycles. The van der Waals surface area contributed by atoms with Crippen LogP contribution in [0.2, 0.25) is 0 Å². The summed E-state index contributed by atoms with van der Waals surface area (Å²) in [7, 11) is 1.26. The predicted octanol–water partition coefficient (Wildman–Crippen LogP) is -0.427. The number of rotatable bonds is 6. The third-order valence-electron chi connectivity index (χ3n) is 1.93. The van der Waals surface area contributed by atoms with Crippen molar-refractivity contribution in [2.45, 2.75) is 12.6 Å². The summed E-state index contributed by atoms with van der Waals surface area (Å²) in [6.45, 7) is 0.0868. The number of carbonyl (C=O) groups is 2. The molecule has 3 N–H and O–H groups in total. The van der Waals surface area contributed by atoms with E-state index < -0.39 is 18.1 Å². The number of aromatic nitrogens is 1. The van der Waals surface area contributed by atoms with Crippen LogP contribution < -0.4 is 10.6 Å². The summed E-state index contributed by atoms with van der Waals surface area (Å²) in [5, 5.41) is 17.1. The summed E-state index contributed by atoms with van der Waals surface area (Å²) < 4.78 is 9.22. The van der Waals surface area contributed by atoms with Crippen molar-refractivity contribution in [2.75, 3.05) is 13.7 Å². The molecule has 0 aliphatic carbocycles. The first-order valence-electron chi connectivity index (χ1n) is 4.80. The third-order valence-corrected chi connectivity index (χ3v) is 1.93. The molecule has 1 heterocycles. The van der Waals surface area contributed by atoms with Gasteiger partial charge in [0.25, 0.3) is 0 Å². The Hall–Kier alpha value is -2.09. The van der Waals surface area contributed by atoms with Crippen LogP contribution in [0, 0.1) is 0 Å². The zero-order valence-electron chi connectivity index (χ0n) is 9.17. The Morgan fingerprint density at radius 1 is 1.59 bits per heavy atom. The van der Waals surface area contributed by atoms with Crippen molar-refractivity contribution in [1.29, 1.82) is 0 Å². The molecule has 94 valence electrons. The van der Waals surface area contributed by atoms with Crippen LogP contribution in [0.15, 0.2) is 16.9 Å². The van der Waals surface area contributed by atoms with E-state index in [4.69, 9.17) is 5.11 Å². The summed E-state index contributed by atoms with van der Waals surface area (Å²) >= 11 is 0. The highest BCUT2D eigenvalue weighted by atomic mass is 16.5. The van der Waals surface area contributed by atoms with Crippen molar-refractivity contribution in [1.82, 2.24) is 15.8 Å². The van der Waals surface area contributed by atoms with Gasteiger partial charge in [0.15, 0.2) is 6.10 Å². The fraction of sp³-hybridized carbons (Fsp3) is 0.444. The van der Waals surface area contributed by atoms with Crippen LogP contribution in [0.5, 0.6) is 0 Å². The number of carboxylic acid groups (broad SMARTS) is 1. The number of aliphatic carboxylic acids is 1. The van der Waals surface area contributed by atoms with Gasteiger partial charge in [0.05, 0.1) is 13.1 Å². The number of carboxylic acids is 1. The summed E-state index contributed by atoms with van der Waals surface area (Å²) in [6.07, 6.45) is 0.327. The molecule has 1 aromatic rings. The molecule has 0 radical (unpaired) electrons. The predicted molar refractivity (Wildman–Crippen MR) is 55.2 cm³/mol. The van der Waals surface area contributed by atoms with Crippen molar-refractivity contribution in [3.05, 3.63) is 18.0 Å². The monoisotopic (exact) mass is 243 g/mol. The first-order valence-corrected chi connectivity index (χ1v) is 4.80. The summed E-state index contributed by atoms with van der Waals surface area (Å²) in [4.78, 5) is 21.8. The van der Waals surface area contributed by atoms with Crippen LogP contribution in [-0.2, 0) is 16.1 Å². The highest BCUT2D eigenvalue weighted by Gasteiger charge is 2.16. The van der Waals surface area contributed by atoms with E-state index in [1.165, 1.54) is 13.4 Å². The summed E-state index contributed by atoms with van der Waals surface area (Å²) in [5.41, 5.74) is 0.571. The van der Waals surface area contributed by atoms with Gasteiger partial charge in [-0.1, -0.05) is 5.16 Å². The van der Waals surface area contributed by atoms with Gasteiger partial charge in [-0.05, 0) is 0 Å². The van der Waals surface area contributed by atoms with Gasteiger partial charge in [0.1, 0.15) is 12.0 Å². The summed E-state index contributed by atoms with van der Waals surface area (Å²) in [6, 6.07) is 1.10. The second-order valence-electron chi connectivity index (χ2n) is 3.12. The van der Waals surface area contributed by atoms with Crippen molar-refractivity contribution < 1.29 is 24.0 Å². The molecule has 1 unspecified atom stereocenters. The zero-order chi connectivity index (χ0) is 12.7. The minimum absolute atomic E-state index is 0.115. The van der Waals surface area contributed by atoms with E-state index in [9.17, 15) is 9.59 Å². The Morgan fingerprint density at radius 2 is 2.35 bits per heavy atom. The van der Waals surface area contributed by atoms with E-state index >= 15 is 0 Å². The van der Waals surface area contributed by atoms with E-state index in [2.05, 4.69) is 25.1 Å². The molecule has 0 bridgehead atoms. The minimum Gasteiger partial charge on any atom is -0.479 e. The number of ether oxygens (including phenoxy) is 1. The third kappa shape index (κ3) is 4.51. The fourth-order valence-electron chi connectivity index (χ4n) is 1.02. The lowest BCUT2D eigenvalue weighted by Gasteiger charge is -2.11. The second kappa shape index (κ2) is 6.48. The van der Waals surface area contributed by atoms with Crippen LogP contribution in [0.4, 0.5) is 4.79 Å². The van der Waals surface area contributed by atoms with Gasteiger partial charge >= 0.3 is 12.0 Å². The number of nitrogens with one attached hydrogen (secondary N) is 2. The lowest BCUT2D eigenvalue weighted by Crippen LogP contribution is -2.42. The molecule has 1 rings (SSSR count). The smallest absolute Gasteiger partial charge is 0.334 e. The average molecular weight is 243 g/mol. The van der Waals surface area contributed by atoms with E-state index in [1.54, 1.807) is 6.07 Å². The molecule has 0 aliphatic heterocycles. The topological polar surface area (TPSA) is 114 Å². The van der Waals surface area contributed by atoms with Gasteiger partial charge in [-0.15, -0.1) is 0 Å². The van der Waals surface area contributed by atoms with E-state index in [-0.39, 0.29) is 13.1 Å². The average Bonchev–Trinajstić information content (AvgIpc) is 2.79. The zero-order valence-corrected chi connectivity index (χ0v) is 9.17. The molecule has 2 amide bonds. The first-order chi connectivity index (χ1) is 8.13. The SMILES string of the molecule is COC(CNC(=O)NCc1ccon1)C(=O)O. The molecule has 8 heteroatoms. The number of carbonyl (C=O) groups excluding carboxylic acids is 1. The standard InChI is InChI=1S/C9H13N3O5/c1-16-7(8(13)14)5-11-9(15)10-4-6-2-3-17-12-6/h2-3,7H,4-5H2,1H3,(H,13,14)(H2,10,11,15). The molecule has 1 aromatic heterocycles. The summed E-state index contributed by atoms with van der Waals surface area (Å²) in [5.74, 6) is -1.13. The molecule has 0 spiro atoms. The normalized spacial score (nSPS) is 11.8. The number of hydrogen-bond donors (Lipinski definition) is 3. The number of methoxy groups -OCH3 is 1. The van der Waals surface area contributed by atoms with Crippen LogP contribution in [0.1, 0.15) is 5.69 Å². The molecule has 1 atom stereocenters. The molecule has 0 fully saturated rings. The van der Waals surface area contributed by atoms with Crippen LogP contribution >= 0.6 is 0 Å². The van der Waals surface area contributed by atoms with Crippen LogP contribution in [-0.4, -0.2) is 42.0 Å². The Balaban J connectivity index is 2.23. The van der Waals surface area contributed by atoms with Gasteiger partial charge in [-0.2, -0.15) is 0 Å². The highest BCUT2D eigenvalue weighted by molar-refractivity contribution is 5.76. The number of nitrogens with zero attached hydrogens (tertiary/aromatic N) is 1. The van der Waals surface area contributed by atoms with Gasteiger partial charge in [-0.25, -0.2) is 9.59 Å². The molecule has 8 nitrogen and oxygen atoms in total. The van der Waals surface area contributed by atoms with Crippen LogP contribution in [0.25, 0.3) is 0 Å². The lowest BCUT2D eigenvalue weighted by molar-refractivity contribution is -0.147. The van der Waals surface area contributed by atoms with Gasteiger partial charge < -0.3 is 25.0 Å². The van der Waals surface area contributed by atoms with Crippen molar-refractivity contribution in [2.24, 2.45) is 0 Å². The van der Waals surface area contributed by atoms with E-state index in [0.717, 1.165) is 0 Å². The number of amides is 2. The Bertz CT molecular complexity index is 365. The van der Waals surface area contributed by atoms with Gasteiger partial charge in [0, 0.05) is 13.2 Å². The van der Waals surface area contributed by atoms with Crippen molar-refractivity contribution in [3.63, 3.8) is 0 Å². The fourth-order valence-corrected chi connectivity index (χ4v) is 1.02. The molecular weight excluding hydrogens is 230 g/mol. The van der Waals surface area contributed by atoms with Crippen molar-refractivity contribution >= 4 is 12.0 Å². The molecule has 0 aliphatic rings. The number of hydrogen-bond acceptors (Lipinski definition) is 5. The highest BCUT2D eigenvalue weighted by Crippen LogP contribution is 1.92. The molecule has 0 aromatic carbocycles. The largest absolute Gasteiger partial charge is 0.479 e. The van der Waals surface area contributed by atoms with E-state index in [1.807, 2.05) is 0 Å². The number of urea groups is 1. The van der Waals surface area contributed by atoms with Crippen LogP contribution in [0.3, 0.4) is 0 Å². The Morgan fingerprint density at radius 3 is 2.88 bits per heavy atom. The lowest BCUT2D eigenvalue weighted by atomic mass is 10.3. The molecule has 17 heavy (non-hydrogen) atoms. The maximum Gasteiger partial charge on any atom is 0.334 e. The maximum atomic E-state index is 11.3. The Labute approximate surface area is 96.9 Å². The van der Waals surface area contributed by atoms with Crippen molar-refractivity contribution in [3.8, 4) is 0 Å². The first kappa shape index (κ1) is 13.0. The van der Waals surface area contributed by atoms with Gasteiger partial charge in [-0.3, -0.25) is 0 Å². The Kier molecular flexibility index (Phi) is 4.95. The minimum atomic E-state index is -1.13. The quantitative estimate of drug-likeness (QED) is 0.625. The molecule has 0 saturated heterocycles.